The van der Waals surface area contributed by atoms with Crippen molar-refractivity contribution in [2.24, 2.45) is 7.05 Å². The molecule has 0 unspecified atom stereocenters. The number of aromatic nitrogens is 2. The maximum atomic E-state index is 11.9. The van der Waals surface area contributed by atoms with Crippen LogP contribution in [-0.4, -0.2) is 22.2 Å². The molecule has 2 rings (SSSR count). The number of hydrogen-bond acceptors (Lipinski definition) is 4. The molecule has 0 fully saturated rings. The molecule has 20 heavy (non-hydrogen) atoms. The summed E-state index contributed by atoms with van der Waals surface area (Å²) in [5.74, 6) is 0.402. The van der Waals surface area contributed by atoms with E-state index in [0.717, 1.165) is 5.56 Å². The zero-order chi connectivity index (χ0) is 14.7. The number of hydrogen-bond donors (Lipinski definition) is 0. The van der Waals surface area contributed by atoms with E-state index in [1.54, 1.807) is 0 Å². The average Bonchev–Trinajstić information content (AvgIpc) is 2.42. The molecule has 0 spiro atoms. The third-order valence-electron chi connectivity index (χ3n) is 2.91. The van der Waals surface area contributed by atoms with Crippen LogP contribution in [0.5, 0.6) is 5.75 Å². The van der Waals surface area contributed by atoms with E-state index < -0.39 is 5.56 Å². The quantitative estimate of drug-likeness (QED) is 0.799. The Morgan fingerprint density at radius 3 is 2.70 bits per heavy atom. The molecule has 0 aliphatic heterocycles. The van der Waals surface area contributed by atoms with Crippen molar-refractivity contribution in [3.8, 4) is 17.0 Å². The lowest BCUT2D eigenvalue weighted by molar-refractivity contribution is 0.101. The Balaban J connectivity index is 2.65. The third kappa shape index (κ3) is 2.61. The molecular weight excluding hydrogens is 256 g/mol. The smallest absolute Gasteiger partial charge is 0.277 e. The van der Waals surface area contributed by atoms with Gasteiger partial charge in [0.1, 0.15) is 5.75 Å². The van der Waals surface area contributed by atoms with Gasteiger partial charge in [-0.2, -0.15) is 5.10 Å². The summed E-state index contributed by atoms with van der Waals surface area (Å²) in [5, 5.41) is 4.20. The Bertz CT molecular complexity index is 705. The van der Waals surface area contributed by atoms with Crippen molar-refractivity contribution in [1.82, 2.24) is 9.78 Å². The van der Waals surface area contributed by atoms with Crippen molar-refractivity contribution in [1.29, 1.82) is 0 Å². The van der Waals surface area contributed by atoms with Gasteiger partial charge in [-0.25, -0.2) is 4.68 Å². The minimum Gasteiger partial charge on any atom is -0.493 e. The number of carbonyl (C=O) groups is 1. The number of rotatable bonds is 4. The molecule has 0 N–H and O–H groups in total. The normalized spacial score (nSPS) is 10.3. The molecule has 5 heteroatoms. The average molecular weight is 272 g/mol. The van der Waals surface area contributed by atoms with Crippen molar-refractivity contribution in [2.75, 3.05) is 6.61 Å². The van der Waals surface area contributed by atoms with Crippen molar-refractivity contribution in [3.63, 3.8) is 0 Å². The molecule has 0 aliphatic carbocycles. The Hall–Kier alpha value is -2.43. The first-order valence-electron chi connectivity index (χ1n) is 6.36. The van der Waals surface area contributed by atoms with Gasteiger partial charge in [0.25, 0.3) is 5.56 Å². The van der Waals surface area contributed by atoms with Crippen LogP contribution in [0, 0.1) is 0 Å². The van der Waals surface area contributed by atoms with Gasteiger partial charge in [0, 0.05) is 12.6 Å². The molecule has 0 aliphatic rings. The molecule has 0 atom stereocenters. The van der Waals surface area contributed by atoms with E-state index >= 15 is 0 Å². The van der Waals surface area contributed by atoms with E-state index in [1.807, 2.05) is 31.2 Å². The Labute approximate surface area is 116 Å². The number of Topliss-reactive ketones (excluding diaryl/α,β-unsaturated/α-hetero) is 1. The second-order valence-corrected chi connectivity index (χ2v) is 4.36. The Morgan fingerprint density at radius 2 is 2.05 bits per heavy atom. The van der Waals surface area contributed by atoms with E-state index in [1.165, 1.54) is 24.7 Å². The number of carbonyl (C=O) groups excluding carboxylic acids is 1. The Kier molecular flexibility index (Phi) is 3.98. The minimum absolute atomic E-state index is 0.129. The molecule has 1 aromatic heterocycles. The number of ketones is 1. The third-order valence-corrected chi connectivity index (χ3v) is 2.91. The van der Waals surface area contributed by atoms with Gasteiger partial charge in [-0.15, -0.1) is 0 Å². The van der Waals surface area contributed by atoms with Gasteiger partial charge in [-0.3, -0.25) is 9.59 Å². The van der Waals surface area contributed by atoms with E-state index in [4.69, 9.17) is 4.74 Å². The van der Waals surface area contributed by atoms with Crippen LogP contribution in [0.4, 0.5) is 0 Å². The predicted molar refractivity (Wildman–Crippen MR) is 76.1 cm³/mol. The summed E-state index contributed by atoms with van der Waals surface area (Å²) < 4.78 is 6.72. The number of ether oxygens (including phenoxy) is 1. The van der Waals surface area contributed by atoms with Gasteiger partial charge in [-0.05, 0) is 32.0 Å². The van der Waals surface area contributed by atoms with Crippen LogP contribution in [0.3, 0.4) is 0 Å². The maximum absolute atomic E-state index is 11.9. The lowest BCUT2D eigenvalue weighted by Gasteiger charge is -2.11. The number of para-hydroxylation sites is 1. The molecule has 0 amide bonds. The lowest BCUT2D eigenvalue weighted by Crippen LogP contribution is -2.25. The summed E-state index contributed by atoms with van der Waals surface area (Å²) in [6.45, 7) is 3.79. The number of aryl methyl sites for hydroxylation is 1. The van der Waals surface area contributed by atoms with Crippen LogP contribution in [-0.2, 0) is 7.05 Å². The molecule has 0 bridgehead atoms. The molecule has 5 nitrogen and oxygen atoms in total. The van der Waals surface area contributed by atoms with Crippen molar-refractivity contribution < 1.29 is 9.53 Å². The molecule has 0 saturated carbocycles. The number of benzene rings is 1. The van der Waals surface area contributed by atoms with E-state index in [2.05, 4.69) is 5.10 Å². The largest absolute Gasteiger partial charge is 0.493 e. The summed E-state index contributed by atoms with van der Waals surface area (Å²) in [7, 11) is 1.53. The molecule has 1 aromatic carbocycles. The molecule has 2 aromatic rings. The first-order chi connectivity index (χ1) is 9.54. The summed E-state index contributed by atoms with van der Waals surface area (Å²) in [5.41, 5.74) is 1.03. The van der Waals surface area contributed by atoms with E-state index in [9.17, 15) is 9.59 Å². The fourth-order valence-corrected chi connectivity index (χ4v) is 1.95. The molecule has 1 heterocycles. The van der Waals surface area contributed by atoms with Crippen LogP contribution in [0.25, 0.3) is 11.3 Å². The van der Waals surface area contributed by atoms with Crippen molar-refractivity contribution in [2.45, 2.75) is 13.8 Å². The highest BCUT2D eigenvalue weighted by Crippen LogP contribution is 2.28. The van der Waals surface area contributed by atoms with E-state index in [0.29, 0.717) is 18.1 Å². The fourth-order valence-electron chi connectivity index (χ4n) is 1.95. The second-order valence-electron chi connectivity index (χ2n) is 4.36. The van der Waals surface area contributed by atoms with Crippen LogP contribution >= 0.6 is 0 Å². The summed E-state index contributed by atoms with van der Waals surface area (Å²) in [6, 6.07) is 8.92. The second kappa shape index (κ2) is 5.69. The summed E-state index contributed by atoms with van der Waals surface area (Å²) in [4.78, 5) is 23.4. The van der Waals surface area contributed by atoms with Crippen LogP contribution in [0.2, 0.25) is 0 Å². The minimum atomic E-state index is -0.393. The molecule has 0 saturated heterocycles. The zero-order valence-electron chi connectivity index (χ0n) is 11.7. The molecule has 0 radical (unpaired) electrons. The van der Waals surface area contributed by atoms with Gasteiger partial charge < -0.3 is 4.74 Å². The van der Waals surface area contributed by atoms with Crippen LogP contribution in [0.1, 0.15) is 24.2 Å². The van der Waals surface area contributed by atoms with Gasteiger partial charge in [-0.1, -0.05) is 12.1 Å². The summed E-state index contributed by atoms with van der Waals surface area (Å²) in [6.07, 6.45) is 0. The van der Waals surface area contributed by atoms with Crippen molar-refractivity contribution >= 4 is 5.78 Å². The highest BCUT2D eigenvalue weighted by molar-refractivity contribution is 5.94. The van der Waals surface area contributed by atoms with Crippen LogP contribution in [0.15, 0.2) is 35.1 Å². The topological polar surface area (TPSA) is 61.2 Å². The zero-order valence-corrected chi connectivity index (χ0v) is 11.7. The summed E-state index contributed by atoms with van der Waals surface area (Å²) >= 11 is 0. The lowest BCUT2D eigenvalue weighted by atomic mass is 10.1. The molecular formula is C15H16N2O3. The first kappa shape index (κ1) is 14.0. The highest BCUT2D eigenvalue weighted by atomic mass is 16.5. The molecule has 104 valence electrons. The standard InChI is InChI=1S/C15H16N2O3/c1-4-20-14-8-6-5-7-11(14)13-9-12(10(2)18)15(19)17(3)16-13/h5-9H,4H2,1-3H3. The highest BCUT2D eigenvalue weighted by Gasteiger charge is 2.14. The van der Waals surface area contributed by atoms with E-state index in [-0.39, 0.29) is 11.3 Å². The maximum Gasteiger partial charge on any atom is 0.277 e. The predicted octanol–water partition coefficient (Wildman–Crippen LogP) is 2.05. The fraction of sp³-hybridized carbons (Fsp3) is 0.267. The van der Waals surface area contributed by atoms with Crippen LogP contribution < -0.4 is 10.3 Å². The monoisotopic (exact) mass is 272 g/mol. The van der Waals surface area contributed by atoms with Gasteiger partial charge in [0.05, 0.1) is 17.9 Å². The van der Waals surface area contributed by atoms with Crippen molar-refractivity contribution in [3.05, 3.63) is 46.2 Å². The first-order valence-corrected chi connectivity index (χ1v) is 6.36. The number of nitrogens with zero attached hydrogens (tertiary/aromatic N) is 2. The Morgan fingerprint density at radius 1 is 1.35 bits per heavy atom. The SMILES string of the molecule is CCOc1ccccc1-c1cc(C(C)=O)c(=O)n(C)n1. The van der Waals surface area contributed by atoms with Gasteiger partial charge >= 0.3 is 0 Å². The van der Waals surface area contributed by atoms with Gasteiger partial charge in [0.15, 0.2) is 5.78 Å². The van der Waals surface area contributed by atoms with Gasteiger partial charge in [0.2, 0.25) is 0 Å².